The average molecular weight is 460 g/mol. The quantitative estimate of drug-likeness (QED) is 0.190. The molecule has 6 heteroatoms. The largest absolute Gasteiger partial charge is 0.507 e. The maximum absolute atomic E-state index is 13.1. The Bertz CT molecular complexity index is 1160. The van der Waals surface area contributed by atoms with Crippen molar-refractivity contribution in [3.63, 3.8) is 0 Å². The molecule has 0 radical (unpaired) electrons. The van der Waals surface area contributed by atoms with Crippen molar-refractivity contribution >= 4 is 17.4 Å². The lowest BCUT2D eigenvalue weighted by Gasteiger charge is -2.24. The number of benzene rings is 2. The molecule has 0 spiro atoms. The highest BCUT2D eigenvalue weighted by Gasteiger charge is 2.46. The van der Waals surface area contributed by atoms with Crippen molar-refractivity contribution in [1.82, 2.24) is 4.90 Å². The number of likely N-dealkylation sites (tertiary alicyclic amines) is 1. The molecule has 2 aromatic carbocycles. The lowest BCUT2D eigenvalue weighted by molar-refractivity contribution is -0.140. The number of aliphatic hydroxyl groups is 1. The summed E-state index contributed by atoms with van der Waals surface area (Å²) < 4.78 is 11.2. The minimum Gasteiger partial charge on any atom is -0.507 e. The first-order valence-corrected chi connectivity index (χ1v) is 11.6. The van der Waals surface area contributed by atoms with Gasteiger partial charge in [0.05, 0.1) is 31.0 Å². The Hall–Kier alpha value is -3.80. The Morgan fingerprint density at radius 2 is 1.76 bits per heavy atom. The van der Waals surface area contributed by atoms with Crippen LogP contribution in [0.5, 0.6) is 5.75 Å². The number of carbonyl (C=O) groups is 2. The van der Waals surface area contributed by atoms with Gasteiger partial charge in [-0.25, -0.2) is 0 Å². The number of Topliss-reactive ketones (excluding diaryl/α,β-unsaturated/α-hetero) is 1. The zero-order valence-corrected chi connectivity index (χ0v) is 19.5. The Labute approximate surface area is 199 Å². The summed E-state index contributed by atoms with van der Waals surface area (Å²) in [5, 5.41) is 11.1. The number of nitrogens with zero attached hydrogens (tertiary/aromatic N) is 1. The third-order valence-electron chi connectivity index (χ3n) is 5.98. The van der Waals surface area contributed by atoms with E-state index in [1.165, 1.54) is 11.2 Å². The fourth-order valence-corrected chi connectivity index (χ4v) is 4.12. The molecule has 6 nitrogen and oxygen atoms in total. The number of ether oxygens (including phenoxy) is 1. The number of ketones is 1. The second kappa shape index (κ2) is 10.4. The van der Waals surface area contributed by atoms with Crippen LogP contribution in [0.15, 0.2) is 76.9 Å². The Kier molecular flexibility index (Phi) is 7.16. The molecule has 34 heavy (non-hydrogen) atoms. The minimum absolute atomic E-state index is 0.0667. The molecular formula is C28H29NO5. The van der Waals surface area contributed by atoms with Gasteiger partial charge in [0.2, 0.25) is 0 Å². The van der Waals surface area contributed by atoms with Crippen LogP contribution in [-0.4, -0.2) is 28.3 Å². The van der Waals surface area contributed by atoms with Crippen LogP contribution in [0.25, 0.3) is 5.76 Å². The molecule has 3 aromatic rings. The van der Waals surface area contributed by atoms with Gasteiger partial charge >= 0.3 is 0 Å². The Balaban J connectivity index is 1.71. The number of aryl methyl sites for hydroxylation is 1. The van der Waals surface area contributed by atoms with Gasteiger partial charge < -0.3 is 19.2 Å². The van der Waals surface area contributed by atoms with Crippen molar-refractivity contribution in [3.8, 4) is 5.75 Å². The van der Waals surface area contributed by atoms with Crippen LogP contribution in [0, 0.1) is 6.92 Å². The van der Waals surface area contributed by atoms with Crippen LogP contribution < -0.4 is 4.74 Å². The first-order chi connectivity index (χ1) is 16.5. The van der Waals surface area contributed by atoms with Gasteiger partial charge in [-0.15, -0.1) is 0 Å². The van der Waals surface area contributed by atoms with Gasteiger partial charge in [-0.2, -0.15) is 0 Å². The standard InChI is InChI=1S/C28H29NO5/c1-3-4-5-16-33-22-14-12-20(13-15-22)25-24(26(30)21-10-8-19(2)9-11-21)27(31)28(32)29(25)18-23-7-6-17-34-23/h6-15,17,25,30H,3-5,16,18H2,1-2H3. The smallest absolute Gasteiger partial charge is 0.296 e. The average Bonchev–Trinajstić information content (AvgIpc) is 3.45. The molecule has 1 atom stereocenters. The zero-order valence-electron chi connectivity index (χ0n) is 19.5. The summed E-state index contributed by atoms with van der Waals surface area (Å²) in [5.41, 5.74) is 2.29. The Morgan fingerprint density at radius 3 is 2.41 bits per heavy atom. The summed E-state index contributed by atoms with van der Waals surface area (Å²) in [6, 6.07) is 17.3. The zero-order chi connectivity index (χ0) is 24.1. The van der Waals surface area contributed by atoms with Gasteiger partial charge in [-0.05, 0) is 43.2 Å². The molecule has 1 aromatic heterocycles. The molecule has 1 aliphatic rings. The highest BCUT2D eigenvalue weighted by atomic mass is 16.5. The van der Waals surface area contributed by atoms with Crippen LogP contribution in [0.1, 0.15) is 54.7 Å². The molecule has 1 amide bonds. The summed E-state index contributed by atoms with van der Waals surface area (Å²) in [6.07, 6.45) is 4.74. The maximum atomic E-state index is 13.1. The van der Waals surface area contributed by atoms with Crippen molar-refractivity contribution < 1.29 is 23.8 Å². The van der Waals surface area contributed by atoms with E-state index in [0.29, 0.717) is 23.5 Å². The molecule has 1 saturated heterocycles. The van der Waals surface area contributed by atoms with Crippen LogP contribution >= 0.6 is 0 Å². The molecule has 0 saturated carbocycles. The molecule has 1 fully saturated rings. The molecule has 1 unspecified atom stereocenters. The van der Waals surface area contributed by atoms with Crippen LogP contribution in [0.4, 0.5) is 0 Å². The van der Waals surface area contributed by atoms with E-state index < -0.39 is 17.7 Å². The third kappa shape index (κ3) is 4.91. The highest BCUT2D eigenvalue weighted by Crippen LogP contribution is 2.40. The van der Waals surface area contributed by atoms with Gasteiger partial charge in [-0.3, -0.25) is 9.59 Å². The van der Waals surface area contributed by atoms with Gasteiger partial charge in [0.25, 0.3) is 11.7 Å². The fraction of sp³-hybridized carbons (Fsp3) is 0.286. The van der Waals surface area contributed by atoms with E-state index in [-0.39, 0.29) is 17.9 Å². The van der Waals surface area contributed by atoms with E-state index in [9.17, 15) is 14.7 Å². The van der Waals surface area contributed by atoms with Gasteiger partial charge in [0, 0.05) is 5.56 Å². The number of amides is 1. The van der Waals surface area contributed by atoms with Crippen molar-refractivity contribution in [2.45, 2.75) is 45.7 Å². The number of aliphatic hydroxyl groups excluding tert-OH is 1. The predicted octanol–water partition coefficient (Wildman–Crippen LogP) is 5.78. The van der Waals surface area contributed by atoms with Crippen molar-refractivity contribution in [3.05, 3.63) is 95.0 Å². The van der Waals surface area contributed by atoms with Crippen molar-refractivity contribution in [1.29, 1.82) is 0 Å². The van der Waals surface area contributed by atoms with Crippen LogP contribution in [0.3, 0.4) is 0 Å². The van der Waals surface area contributed by atoms with E-state index in [2.05, 4.69) is 6.92 Å². The monoisotopic (exact) mass is 459 g/mol. The predicted molar refractivity (Wildman–Crippen MR) is 129 cm³/mol. The van der Waals surface area contributed by atoms with E-state index in [0.717, 1.165) is 30.6 Å². The number of rotatable bonds is 9. The summed E-state index contributed by atoms with van der Waals surface area (Å²) in [6.45, 7) is 4.84. The molecule has 0 bridgehead atoms. The van der Waals surface area contributed by atoms with E-state index in [1.54, 1.807) is 24.3 Å². The topological polar surface area (TPSA) is 80.0 Å². The Morgan fingerprint density at radius 1 is 1.03 bits per heavy atom. The summed E-state index contributed by atoms with van der Waals surface area (Å²) in [4.78, 5) is 27.6. The number of hydrogen-bond donors (Lipinski definition) is 1. The normalized spacial score (nSPS) is 17.4. The van der Waals surface area contributed by atoms with Crippen LogP contribution in [0.2, 0.25) is 0 Å². The van der Waals surface area contributed by atoms with Crippen molar-refractivity contribution in [2.24, 2.45) is 0 Å². The maximum Gasteiger partial charge on any atom is 0.296 e. The molecular weight excluding hydrogens is 430 g/mol. The first kappa shape index (κ1) is 23.4. The highest BCUT2D eigenvalue weighted by molar-refractivity contribution is 6.46. The van der Waals surface area contributed by atoms with Crippen molar-refractivity contribution in [2.75, 3.05) is 6.61 Å². The summed E-state index contributed by atoms with van der Waals surface area (Å²) in [5.74, 6) is -0.297. The number of furan rings is 1. The molecule has 1 N–H and O–H groups in total. The molecule has 1 aliphatic heterocycles. The number of hydrogen-bond acceptors (Lipinski definition) is 5. The SMILES string of the molecule is CCCCCOc1ccc(C2C(=C(O)c3ccc(C)cc3)C(=O)C(=O)N2Cc2ccco2)cc1. The number of carbonyl (C=O) groups excluding carboxylic acids is 2. The lowest BCUT2D eigenvalue weighted by atomic mass is 9.95. The van der Waals surface area contributed by atoms with Gasteiger partial charge in [0.1, 0.15) is 17.3 Å². The molecule has 4 rings (SSSR count). The van der Waals surface area contributed by atoms with E-state index >= 15 is 0 Å². The summed E-state index contributed by atoms with van der Waals surface area (Å²) >= 11 is 0. The van der Waals surface area contributed by atoms with Crippen LogP contribution in [-0.2, 0) is 16.1 Å². The second-order valence-corrected chi connectivity index (χ2v) is 8.50. The molecule has 0 aliphatic carbocycles. The first-order valence-electron chi connectivity index (χ1n) is 11.6. The van der Waals surface area contributed by atoms with E-state index in [1.807, 2.05) is 43.3 Å². The lowest BCUT2D eigenvalue weighted by Crippen LogP contribution is -2.29. The number of unbranched alkanes of at least 4 members (excludes halogenated alkanes) is 2. The second-order valence-electron chi connectivity index (χ2n) is 8.50. The third-order valence-corrected chi connectivity index (χ3v) is 5.98. The molecule has 176 valence electrons. The van der Waals surface area contributed by atoms with Gasteiger partial charge in [0.15, 0.2) is 0 Å². The fourth-order valence-electron chi connectivity index (χ4n) is 4.12. The van der Waals surface area contributed by atoms with Gasteiger partial charge in [-0.1, -0.05) is 61.7 Å². The molecule has 2 heterocycles. The van der Waals surface area contributed by atoms with E-state index in [4.69, 9.17) is 9.15 Å². The summed E-state index contributed by atoms with van der Waals surface area (Å²) in [7, 11) is 0. The minimum atomic E-state index is -0.749.